The van der Waals surface area contributed by atoms with Crippen molar-refractivity contribution in [3.8, 4) is 0 Å². The number of ether oxygens (including phenoxy) is 1. The fourth-order valence-electron chi connectivity index (χ4n) is 1.29. The van der Waals surface area contributed by atoms with Crippen molar-refractivity contribution in [2.24, 2.45) is 0 Å². The first-order valence-electron chi connectivity index (χ1n) is 5.48. The van der Waals surface area contributed by atoms with Crippen LogP contribution in [0.1, 0.15) is 30.6 Å². The van der Waals surface area contributed by atoms with Gasteiger partial charge in [-0.2, -0.15) is 0 Å². The third-order valence-corrected chi connectivity index (χ3v) is 2.74. The van der Waals surface area contributed by atoms with E-state index in [9.17, 15) is 9.90 Å². The average molecular weight is 238 g/mol. The molecule has 5 heteroatoms. The first-order valence-corrected chi connectivity index (χ1v) is 5.48. The monoisotopic (exact) mass is 238 g/mol. The highest BCUT2D eigenvalue weighted by Crippen LogP contribution is 2.17. The Labute approximate surface area is 101 Å². The minimum atomic E-state index is -0.443. The topological polar surface area (TPSA) is 71.5 Å². The summed E-state index contributed by atoms with van der Waals surface area (Å²) in [5, 5.41) is 12.4. The van der Waals surface area contributed by atoms with E-state index in [1.807, 2.05) is 13.8 Å². The van der Waals surface area contributed by atoms with Gasteiger partial charge in [-0.15, -0.1) is 0 Å². The summed E-state index contributed by atoms with van der Waals surface area (Å²) in [5.41, 5.74) is -0.0109. The lowest BCUT2D eigenvalue weighted by Gasteiger charge is -2.27. The van der Waals surface area contributed by atoms with E-state index in [-0.39, 0.29) is 6.61 Å². The van der Waals surface area contributed by atoms with Gasteiger partial charge in [0.25, 0.3) is 0 Å². The Kier molecular flexibility index (Phi) is 4.45. The van der Waals surface area contributed by atoms with Crippen LogP contribution in [0.4, 0.5) is 5.82 Å². The molecule has 17 heavy (non-hydrogen) atoms. The standard InChI is InChI=1S/C12H18N2O3/c1-4-12(2,8-15)14-10-7-9(5-6-13-10)11(16)17-3/h5-7,15H,4,8H2,1-3H3,(H,13,14). The van der Waals surface area contributed by atoms with Crippen LogP contribution in [-0.2, 0) is 4.74 Å². The molecule has 1 rings (SSSR count). The predicted molar refractivity (Wildman–Crippen MR) is 65.0 cm³/mol. The summed E-state index contributed by atoms with van der Waals surface area (Å²) in [6.07, 6.45) is 2.27. The molecule has 2 N–H and O–H groups in total. The van der Waals surface area contributed by atoms with Gasteiger partial charge in [-0.3, -0.25) is 0 Å². The zero-order chi connectivity index (χ0) is 12.9. The van der Waals surface area contributed by atoms with Crippen LogP contribution in [0.15, 0.2) is 18.3 Å². The van der Waals surface area contributed by atoms with Gasteiger partial charge in [0.1, 0.15) is 5.82 Å². The molecule has 0 saturated heterocycles. The van der Waals surface area contributed by atoms with Gasteiger partial charge in [0.05, 0.1) is 24.8 Å². The van der Waals surface area contributed by atoms with Crippen LogP contribution in [0, 0.1) is 0 Å². The number of esters is 1. The average Bonchev–Trinajstić information content (AvgIpc) is 2.38. The summed E-state index contributed by atoms with van der Waals surface area (Å²) in [6, 6.07) is 3.19. The van der Waals surface area contributed by atoms with Gasteiger partial charge in [0.15, 0.2) is 0 Å². The lowest BCUT2D eigenvalue weighted by Crippen LogP contribution is -2.38. The normalized spacial score (nSPS) is 13.9. The van der Waals surface area contributed by atoms with Crippen molar-refractivity contribution in [1.82, 2.24) is 4.98 Å². The number of carbonyl (C=O) groups is 1. The second-order valence-corrected chi connectivity index (χ2v) is 4.12. The number of methoxy groups -OCH3 is 1. The van der Waals surface area contributed by atoms with E-state index in [4.69, 9.17) is 0 Å². The summed E-state index contributed by atoms with van der Waals surface area (Å²) in [5.74, 6) is 0.143. The van der Waals surface area contributed by atoms with Crippen LogP contribution in [0.3, 0.4) is 0 Å². The lowest BCUT2D eigenvalue weighted by molar-refractivity contribution is 0.0600. The maximum Gasteiger partial charge on any atom is 0.338 e. The van der Waals surface area contributed by atoms with E-state index in [1.54, 1.807) is 12.1 Å². The van der Waals surface area contributed by atoms with Gasteiger partial charge < -0.3 is 15.2 Å². The van der Waals surface area contributed by atoms with Crippen molar-refractivity contribution >= 4 is 11.8 Å². The number of nitrogens with one attached hydrogen (secondary N) is 1. The molecule has 94 valence electrons. The van der Waals surface area contributed by atoms with Gasteiger partial charge >= 0.3 is 5.97 Å². The lowest BCUT2D eigenvalue weighted by atomic mass is 10.0. The molecule has 1 heterocycles. The Bertz CT molecular complexity index is 389. The molecular weight excluding hydrogens is 220 g/mol. The maximum atomic E-state index is 11.3. The van der Waals surface area contributed by atoms with E-state index in [0.29, 0.717) is 11.4 Å². The zero-order valence-corrected chi connectivity index (χ0v) is 10.4. The molecule has 0 spiro atoms. The predicted octanol–water partition coefficient (Wildman–Crippen LogP) is 1.44. The number of aromatic nitrogens is 1. The minimum Gasteiger partial charge on any atom is -0.465 e. The summed E-state index contributed by atoms with van der Waals surface area (Å²) in [4.78, 5) is 15.5. The van der Waals surface area contributed by atoms with Crippen LogP contribution in [0.25, 0.3) is 0 Å². The molecule has 0 saturated carbocycles. The highest BCUT2D eigenvalue weighted by Gasteiger charge is 2.21. The first kappa shape index (κ1) is 13.4. The molecule has 0 fully saturated rings. The number of nitrogens with zero attached hydrogens (tertiary/aromatic N) is 1. The molecule has 1 atom stereocenters. The van der Waals surface area contributed by atoms with Gasteiger partial charge in [-0.25, -0.2) is 9.78 Å². The number of aliphatic hydroxyl groups excluding tert-OH is 1. The van der Waals surface area contributed by atoms with E-state index >= 15 is 0 Å². The number of hydrogen-bond donors (Lipinski definition) is 2. The maximum absolute atomic E-state index is 11.3. The van der Waals surface area contributed by atoms with E-state index in [1.165, 1.54) is 13.3 Å². The van der Waals surface area contributed by atoms with Crippen molar-refractivity contribution in [2.45, 2.75) is 25.8 Å². The molecule has 1 aromatic heterocycles. The van der Waals surface area contributed by atoms with Crippen LogP contribution in [-0.4, -0.2) is 35.3 Å². The van der Waals surface area contributed by atoms with Gasteiger partial charge in [0.2, 0.25) is 0 Å². The second kappa shape index (κ2) is 5.63. The Morgan fingerprint density at radius 1 is 1.65 bits per heavy atom. The molecule has 1 aromatic rings. The number of carbonyl (C=O) groups excluding carboxylic acids is 1. The zero-order valence-electron chi connectivity index (χ0n) is 10.4. The Morgan fingerprint density at radius 2 is 2.35 bits per heavy atom. The minimum absolute atomic E-state index is 0.00632. The molecule has 0 aliphatic heterocycles. The summed E-state index contributed by atoms with van der Waals surface area (Å²) in [7, 11) is 1.33. The van der Waals surface area contributed by atoms with Gasteiger partial charge in [-0.1, -0.05) is 6.92 Å². The van der Waals surface area contributed by atoms with Crippen LogP contribution in [0.5, 0.6) is 0 Å². The molecule has 5 nitrogen and oxygen atoms in total. The van der Waals surface area contributed by atoms with Crippen LogP contribution < -0.4 is 5.32 Å². The highest BCUT2D eigenvalue weighted by atomic mass is 16.5. The number of aliphatic hydroxyl groups is 1. The number of pyridine rings is 1. The molecule has 0 bridgehead atoms. The van der Waals surface area contributed by atoms with Crippen molar-refractivity contribution in [3.05, 3.63) is 23.9 Å². The molecule has 0 aliphatic carbocycles. The first-order chi connectivity index (χ1) is 8.04. The second-order valence-electron chi connectivity index (χ2n) is 4.12. The molecular formula is C12H18N2O3. The van der Waals surface area contributed by atoms with Crippen molar-refractivity contribution in [2.75, 3.05) is 19.0 Å². The fourth-order valence-corrected chi connectivity index (χ4v) is 1.29. The molecule has 1 unspecified atom stereocenters. The quantitative estimate of drug-likeness (QED) is 0.759. The Balaban J connectivity index is 2.89. The largest absolute Gasteiger partial charge is 0.465 e. The Morgan fingerprint density at radius 3 is 2.88 bits per heavy atom. The van der Waals surface area contributed by atoms with Gasteiger partial charge in [-0.05, 0) is 25.5 Å². The highest BCUT2D eigenvalue weighted by molar-refractivity contribution is 5.90. The Hall–Kier alpha value is -1.62. The van der Waals surface area contributed by atoms with E-state index in [0.717, 1.165) is 6.42 Å². The molecule has 0 amide bonds. The summed E-state index contributed by atoms with van der Waals surface area (Å²) >= 11 is 0. The summed E-state index contributed by atoms with van der Waals surface area (Å²) < 4.78 is 4.63. The van der Waals surface area contributed by atoms with E-state index in [2.05, 4.69) is 15.0 Å². The molecule has 0 aromatic carbocycles. The summed E-state index contributed by atoms with van der Waals surface area (Å²) in [6.45, 7) is 3.85. The number of rotatable bonds is 5. The third kappa shape index (κ3) is 3.42. The number of anilines is 1. The smallest absolute Gasteiger partial charge is 0.338 e. The SMILES string of the molecule is CCC(C)(CO)Nc1cc(C(=O)OC)ccn1. The molecule has 0 radical (unpaired) electrons. The van der Waals surface area contributed by atoms with E-state index < -0.39 is 11.5 Å². The number of hydrogen-bond acceptors (Lipinski definition) is 5. The van der Waals surface area contributed by atoms with Crippen LogP contribution >= 0.6 is 0 Å². The van der Waals surface area contributed by atoms with Crippen LogP contribution in [0.2, 0.25) is 0 Å². The van der Waals surface area contributed by atoms with Crippen molar-refractivity contribution in [1.29, 1.82) is 0 Å². The molecule has 0 aliphatic rings. The third-order valence-electron chi connectivity index (χ3n) is 2.74. The van der Waals surface area contributed by atoms with Gasteiger partial charge in [0, 0.05) is 6.20 Å². The van der Waals surface area contributed by atoms with Crippen molar-refractivity contribution < 1.29 is 14.6 Å². The van der Waals surface area contributed by atoms with Crippen molar-refractivity contribution in [3.63, 3.8) is 0 Å². The fraction of sp³-hybridized carbons (Fsp3) is 0.500.